The van der Waals surface area contributed by atoms with E-state index in [0.717, 1.165) is 45.6 Å². The van der Waals surface area contributed by atoms with Crippen molar-refractivity contribution >= 4 is 5.91 Å². The van der Waals surface area contributed by atoms with Gasteiger partial charge in [-0.1, -0.05) is 30.3 Å². The molecule has 0 aromatic heterocycles. The molecule has 1 saturated carbocycles. The summed E-state index contributed by atoms with van der Waals surface area (Å²) in [7, 11) is 0. The molecule has 1 spiro atoms. The molecule has 5 rings (SSSR count). The number of aliphatic hydroxyl groups excluding tert-OH is 1. The van der Waals surface area contributed by atoms with Crippen molar-refractivity contribution in [3.63, 3.8) is 0 Å². The predicted molar refractivity (Wildman–Crippen MR) is 115 cm³/mol. The van der Waals surface area contributed by atoms with Gasteiger partial charge in [0, 0.05) is 26.2 Å². The highest BCUT2D eigenvalue weighted by atomic mass is 16.5. The van der Waals surface area contributed by atoms with Gasteiger partial charge in [0.05, 0.1) is 24.8 Å². The fourth-order valence-electron chi connectivity index (χ4n) is 5.79. The van der Waals surface area contributed by atoms with Crippen LogP contribution in [0.1, 0.15) is 45.1 Å². The molecule has 4 aliphatic rings. The number of benzene rings is 1. The van der Waals surface area contributed by atoms with Gasteiger partial charge < -0.3 is 19.6 Å². The zero-order valence-electron chi connectivity index (χ0n) is 18.3. The summed E-state index contributed by atoms with van der Waals surface area (Å²) in [5, 5.41) is 10.5. The molecule has 1 aliphatic carbocycles. The van der Waals surface area contributed by atoms with Gasteiger partial charge in [0.1, 0.15) is 0 Å². The van der Waals surface area contributed by atoms with E-state index in [9.17, 15) is 9.90 Å². The molecule has 6 nitrogen and oxygen atoms in total. The van der Waals surface area contributed by atoms with Crippen LogP contribution in [0.25, 0.3) is 0 Å². The Hall–Kier alpha value is -1.47. The number of hydrogen-bond donors (Lipinski definition) is 1. The fraction of sp³-hybridized carbons (Fsp3) is 0.708. The molecule has 30 heavy (non-hydrogen) atoms. The van der Waals surface area contributed by atoms with Crippen molar-refractivity contribution in [1.29, 1.82) is 0 Å². The van der Waals surface area contributed by atoms with Gasteiger partial charge in [-0.05, 0) is 57.1 Å². The number of piperidine rings is 1. The second-order valence-corrected chi connectivity index (χ2v) is 10.1. The molecule has 164 valence electrons. The Balaban J connectivity index is 1.21. The Morgan fingerprint density at radius 2 is 1.97 bits per heavy atom. The van der Waals surface area contributed by atoms with Gasteiger partial charge in [-0.25, -0.2) is 0 Å². The number of amides is 1. The second-order valence-electron chi connectivity index (χ2n) is 10.1. The number of rotatable bonds is 5. The molecule has 0 radical (unpaired) electrons. The summed E-state index contributed by atoms with van der Waals surface area (Å²) in [6, 6.07) is 10.3. The highest BCUT2D eigenvalue weighted by Gasteiger charge is 2.54. The molecule has 1 amide bonds. The number of carbonyl (C=O) groups excluding carboxylic acids is 1. The van der Waals surface area contributed by atoms with Crippen molar-refractivity contribution in [2.75, 3.05) is 32.8 Å². The van der Waals surface area contributed by atoms with Crippen LogP contribution in [0.5, 0.6) is 0 Å². The van der Waals surface area contributed by atoms with Crippen molar-refractivity contribution in [2.24, 2.45) is 5.41 Å². The lowest BCUT2D eigenvalue weighted by Crippen LogP contribution is -2.66. The van der Waals surface area contributed by atoms with E-state index in [-0.39, 0.29) is 29.5 Å². The highest BCUT2D eigenvalue weighted by molar-refractivity contribution is 5.83. The Morgan fingerprint density at radius 1 is 1.20 bits per heavy atom. The SMILES string of the molecule is C[C@H]1C(=O)N2[C@@H](CCN3CCC4(CC4)[C@H](O)C3)CO[C@]2(C)CN1Cc1ccccc1. The first-order chi connectivity index (χ1) is 14.4. The number of nitrogens with zero attached hydrogens (tertiary/aromatic N) is 3. The van der Waals surface area contributed by atoms with Crippen LogP contribution < -0.4 is 0 Å². The lowest BCUT2D eigenvalue weighted by atomic mass is 9.90. The minimum Gasteiger partial charge on any atom is -0.391 e. The van der Waals surface area contributed by atoms with Gasteiger partial charge in [0.25, 0.3) is 0 Å². The zero-order valence-corrected chi connectivity index (χ0v) is 18.3. The van der Waals surface area contributed by atoms with Gasteiger partial charge in [-0.15, -0.1) is 0 Å². The molecule has 0 bridgehead atoms. The number of hydrogen-bond acceptors (Lipinski definition) is 5. The van der Waals surface area contributed by atoms with Crippen LogP contribution in [-0.2, 0) is 16.1 Å². The monoisotopic (exact) mass is 413 g/mol. The average Bonchev–Trinajstić information content (AvgIpc) is 3.44. The Kier molecular flexibility index (Phi) is 5.17. The number of ether oxygens (including phenoxy) is 1. The summed E-state index contributed by atoms with van der Waals surface area (Å²) in [5.41, 5.74) is 0.912. The summed E-state index contributed by atoms with van der Waals surface area (Å²) in [6.07, 6.45) is 4.22. The maximum atomic E-state index is 13.4. The molecule has 1 aromatic rings. The van der Waals surface area contributed by atoms with Gasteiger partial charge in [0.15, 0.2) is 5.72 Å². The molecule has 1 N–H and O–H groups in total. The van der Waals surface area contributed by atoms with E-state index in [1.54, 1.807) is 0 Å². The molecule has 1 aromatic carbocycles. The van der Waals surface area contributed by atoms with Gasteiger partial charge in [-0.2, -0.15) is 0 Å². The van der Waals surface area contributed by atoms with Crippen LogP contribution in [0.15, 0.2) is 30.3 Å². The van der Waals surface area contributed by atoms with Crippen LogP contribution in [0.2, 0.25) is 0 Å². The van der Waals surface area contributed by atoms with Gasteiger partial charge in [0.2, 0.25) is 5.91 Å². The smallest absolute Gasteiger partial charge is 0.242 e. The number of fused-ring (bicyclic) bond motifs is 1. The van der Waals surface area contributed by atoms with E-state index in [1.807, 2.05) is 30.0 Å². The quantitative estimate of drug-likeness (QED) is 0.801. The second kappa shape index (κ2) is 7.59. The van der Waals surface area contributed by atoms with E-state index < -0.39 is 5.72 Å². The largest absolute Gasteiger partial charge is 0.391 e. The van der Waals surface area contributed by atoms with E-state index in [0.29, 0.717) is 6.61 Å². The summed E-state index contributed by atoms with van der Waals surface area (Å²) in [6.45, 7) is 8.95. The van der Waals surface area contributed by atoms with Gasteiger partial charge in [-0.3, -0.25) is 9.69 Å². The number of aliphatic hydroxyl groups is 1. The summed E-state index contributed by atoms with van der Waals surface area (Å²) >= 11 is 0. The van der Waals surface area contributed by atoms with Crippen LogP contribution in [0.4, 0.5) is 0 Å². The summed E-state index contributed by atoms with van der Waals surface area (Å²) in [4.78, 5) is 20.0. The van der Waals surface area contributed by atoms with E-state index in [2.05, 4.69) is 28.9 Å². The number of β-amino-alcohol motifs (C(OH)–C–C–N with tert-alkyl or cyclic N) is 1. The van der Waals surface area contributed by atoms with Crippen LogP contribution in [0, 0.1) is 5.41 Å². The molecule has 0 unspecified atom stereocenters. The molecule has 3 heterocycles. The lowest BCUT2D eigenvalue weighted by molar-refractivity contribution is -0.173. The maximum Gasteiger partial charge on any atom is 0.242 e. The zero-order chi connectivity index (χ0) is 20.9. The van der Waals surface area contributed by atoms with E-state index in [4.69, 9.17) is 4.74 Å². The van der Waals surface area contributed by atoms with Crippen molar-refractivity contribution in [1.82, 2.24) is 14.7 Å². The Bertz CT molecular complexity index is 783. The minimum atomic E-state index is -0.553. The molecule has 6 heteroatoms. The first-order valence-corrected chi connectivity index (χ1v) is 11.6. The predicted octanol–water partition coefficient (Wildman–Crippen LogP) is 2.07. The first kappa shape index (κ1) is 20.4. The minimum absolute atomic E-state index is 0.123. The number of carbonyl (C=O) groups is 1. The highest BCUT2D eigenvalue weighted by Crippen LogP contribution is 2.53. The van der Waals surface area contributed by atoms with Crippen LogP contribution in [0.3, 0.4) is 0 Å². The molecule has 3 aliphatic heterocycles. The number of piperazine rings is 1. The number of likely N-dealkylation sites (tertiary alicyclic amines) is 1. The summed E-state index contributed by atoms with van der Waals surface area (Å²) < 4.78 is 6.24. The third kappa shape index (κ3) is 3.58. The topological polar surface area (TPSA) is 56.3 Å². The van der Waals surface area contributed by atoms with Crippen molar-refractivity contribution in [3.05, 3.63) is 35.9 Å². The Labute approximate surface area is 179 Å². The third-order valence-corrected chi connectivity index (χ3v) is 8.06. The molecule has 3 saturated heterocycles. The van der Waals surface area contributed by atoms with Crippen LogP contribution in [-0.4, -0.2) is 82.4 Å². The van der Waals surface area contributed by atoms with E-state index >= 15 is 0 Å². The molecule has 4 atom stereocenters. The molecule has 4 fully saturated rings. The fourth-order valence-corrected chi connectivity index (χ4v) is 5.79. The first-order valence-electron chi connectivity index (χ1n) is 11.6. The standard InChI is InChI=1S/C24H35N3O3/c1-18-22(29)27-20(8-12-25-13-11-24(9-10-24)21(28)15-25)16-30-23(27,2)17-26(18)14-19-6-4-3-5-7-19/h3-7,18,20-21,28H,8-17H2,1-2H3/t18-,20-,21+,23+/m0/s1. The molecular weight excluding hydrogens is 378 g/mol. The van der Waals surface area contributed by atoms with Crippen molar-refractivity contribution in [3.8, 4) is 0 Å². The van der Waals surface area contributed by atoms with Crippen molar-refractivity contribution in [2.45, 2.75) is 70.0 Å². The van der Waals surface area contributed by atoms with Crippen molar-refractivity contribution < 1.29 is 14.6 Å². The third-order valence-electron chi connectivity index (χ3n) is 8.06. The Morgan fingerprint density at radius 3 is 2.67 bits per heavy atom. The molecular formula is C24H35N3O3. The lowest BCUT2D eigenvalue weighted by Gasteiger charge is -2.48. The van der Waals surface area contributed by atoms with Gasteiger partial charge >= 0.3 is 0 Å². The van der Waals surface area contributed by atoms with E-state index in [1.165, 1.54) is 18.4 Å². The maximum absolute atomic E-state index is 13.4. The van der Waals surface area contributed by atoms with Crippen LogP contribution >= 0.6 is 0 Å². The average molecular weight is 414 g/mol. The normalized spacial score (nSPS) is 36.3. The summed E-state index contributed by atoms with van der Waals surface area (Å²) in [5.74, 6) is 0.179.